The number of benzene rings is 1. The van der Waals surface area contributed by atoms with Crippen LogP contribution in [0.4, 0.5) is 5.69 Å². The van der Waals surface area contributed by atoms with E-state index in [2.05, 4.69) is 17.0 Å². The number of hydrogen-bond donors (Lipinski definition) is 2. The molecule has 1 fully saturated rings. The van der Waals surface area contributed by atoms with Crippen LogP contribution in [0.5, 0.6) is 0 Å². The van der Waals surface area contributed by atoms with Crippen molar-refractivity contribution in [1.82, 2.24) is 0 Å². The zero-order valence-corrected chi connectivity index (χ0v) is 11.3. The Labute approximate surface area is 110 Å². The standard InChI is InChI=1S/C15H24N2O/c1-11(2)15(18)14(16)12-5-7-13(8-6-12)17-9-3-4-10-17/h5-8,11,14-15,18H,3-4,9-10,16H2,1-2H3/t14-,15+/m1/s1. The summed E-state index contributed by atoms with van der Waals surface area (Å²) in [6.45, 7) is 6.28. The molecule has 1 aliphatic rings. The van der Waals surface area contributed by atoms with Crippen LogP contribution in [0.2, 0.25) is 0 Å². The van der Waals surface area contributed by atoms with Crippen molar-refractivity contribution in [3.63, 3.8) is 0 Å². The molecule has 3 nitrogen and oxygen atoms in total. The Kier molecular flexibility index (Phi) is 4.25. The molecule has 2 rings (SSSR count). The summed E-state index contributed by atoms with van der Waals surface area (Å²) in [5, 5.41) is 9.99. The van der Waals surface area contributed by atoms with Crippen LogP contribution < -0.4 is 10.6 Å². The Morgan fingerprint density at radius 1 is 1.11 bits per heavy atom. The fraction of sp³-hybridized carbons (Fsp3) is 0.600. The summed E-state index contributed by atoms with van der Waals surface area (Å²) in [5.74, 6) is 0.179. The van der Waals surface area contributed by atoms with E-state index in [0.717, 1.165) is 18.7 Å². The Hall–Kier alpha value is -1.06. The van der Waals surface area contributed by atoms with Gasteiger partial charge in [-0.25, -0.2) is 0 Å². The summed E-state index contributed by atoms with van der Waals surface area (Å²) in [7, 11) is 0. The smallest absolute Gasteiger partial charge is 0.0755 e. The van der Waals surface area contributed by atoms with E-state index < -0.39 is 6.10 Å². The molecule has 0 bridgehead atoms. The molecule has 1 aliphatic heterocycles. The van der Waals surface area contributed by atoms with E-state index in [1.165, 1.54) is 18.5 Å². The normalized spacial score (nSPS) is 19.3. The van der Waals surface area contributed by atoms with Gasteiger partial charge in [-0.2, -0.15) is 0 Å². The van der Waals surface area contributed by atoms with Crippen molar-refractivity contribution in [3.05, 3.63) is 29.8 Å². The first-order chi connectivity index (χ1) is 8.59. The Morgan fingerprint density at radius 3 is 2.17 bits per heavy atom. The van der Waals surface area contributed by atoms with E-state index in [-0.39, 0.29) is 12.0 Å². The van der Waals surface area contributed by atoms with E-state index in [4.69, 9.17) is 5.73 Å². The third-order valence-electron chi connectivity index (χ3n) is 3.80. The molecule has 100 valence electrons. The topological polar surface area (TPSA) is 49.5 Å². The highest BCUT2D eigenvalue weighted by Gasteiger charge is 2.20. The fourth-order valence-corrected chi connectivity index (χ4v) is 2.49. The van der Waals surface area contributed by atoms with Crippen LogP contribution in [0.3, 0.4) is 0 Å². The SMILES string of the molecule is CC(C)[C@H](O)[C@H](N)c1ccc(N2CCCC2)cc1. The van der Waals surface area contributed by atoms with Crippen molar-refractivity contribution in [1.29, 1.82) is 0 Å². The highest BCUT2D eigenvalue weighted by Crippen LogP contribution is 2.24. The predicted molar refractivity (Wildman–Crippen MR) is 75.7 cm³/mol. The summed E-state index contributed by atoms with van der Waals surface area (Å²) >= 11 is 0. The zero-order chi connectivity index (χ0) is 13.1. The number of nitrogens with zero attached hydrogens (tertiary/aromatic N) is 1. The second-order valence-electron chi connectivity index (χ2n) is 5.55. The van der Waals surface area contributed by atoms with Crippen molar-refractivity contribution >= 4 is 5.69 Å². The quantitative estimate of drug-likeness (QED) is 0.859. The third-order valence-corrected chi connectivity index (χ3v) is 3.80. The second kappa shape index (κ2) is 5.72. The van der Waals surface area contributed by atoms with Gasteiger partial charge in [-0.3, -0.25) is 0 Å². The van der Waals surface area contributed by atoms with Crippen LogP contribution in [0.1, 0.15) is 38.3 Å². The lowest BCUT2D eigenvalue weighted by Gasteiger charge is -2.23. The molecule has 1 heterocycles. The molecule has 1 aromatic carbocycles. The van der Waals surface area contributed by atoms with Crippen LogP contribution in [0, 0.1) is 5.92 Å². The van der Waals surface area contributed by atoms with Crippen molar-refractivity contribution < 1.29 is 5.11 Å². The van der Waals surface area contributed by atoms with Gasteiger partial charge in [0.05, 0.1) is 12.1 Å². The van der Waals surface area contributed by atoms with E-state index in [1.54, 1.807) is 0 Å². The largest absolute Gasteiger partial charge is 0.391 e. The summed E-state index contributed by atoms with van der Waals surface area (Å²) in [4.78, 5) is 2.40. The van der Waals surface area contributed by atoms with Gasteiger partial charge in [-0.15, -0.1) is 0 Å². The molecule has 1 aromatic rings. The van der Waals surface area contributed by atoms with Crippen LogP contribution in [-0.4, -0.2) is 24.3 Å². The molecule has 0 unspecified atom stereocenters. The Balaban J connectivity index is 2.07. The lowest BCUT2D eigenvalue weighted by molar-refractivity contribution is 0.0979. The van der Waals surface area contributed by atoms with Gasteiger partial charge in [-0.05, 0) is 36.5 Å². The van der Waals surface area contributed by atoms with Gasteiger partial charge in [0, 0.05) is 18.8 Å². The molecule has 1 saturated heterocycles. The third kappa shape index (κ3) is 2.85. The Bertz CT molecular complexity index is 369. The van der Waals surface area contributed by atoms with Crippen molar-refractivity contribution in [3.8, 4) is 0 Å². The molecule has 0 spiro atoms. The van der Waals surface area contributed by atoms with E-state index in [0.29, 0.717) is 0 Å². The summed E-state index contributed by atoms with van der Waals surface area (Å²) < 4.78 is 0. The molecule has 18 heavy (non-hydrogen) atoms. The first kappa shape index (κ1) is 13.4. The number of hydrogen-bond acceptors (Lipinski definition) is 3. The molecule has 0 amide bonds. The average molecular weight is 248 g/mol. The van der Waals surface area contributed by atoms with Gasteiger partial charge in [0.15, 0.2) is 0 Å². The predicted octanol–water partition coefficient (Wildman–Crippen LogP) is 2.30. The van der Waals surface area contributed by atoms with Gasteiger partial charge < -0.3 is 15.7 Å². The number of rotatable bonds is 4. The van der Waals surface area contributed by atoms with E-state index >= 15 is 0 Å². The fourth-order valence-electron chi connectivity index (χ4n) is 2.49. The zero-order valence-electron chi connectivity index (χ0n) is 11.3. The highest BCUT2D eigenvalue weighted by atomic mass is 16.3. The maximum atomic E-state index is 9.99. The van der Waals surface area contributed by atoms with E-state index in [9.17, 15) is 5.11 Å². The first-order valence-corrected chi connectivity index (χ1v) is 6.88. The lowest BCUT2D eigenvalue weighted by Crippen LogP contribution is -2.30. The van der Waals surface area contributed by atoms with Gasteiger partial charge in [0.2, 0.25) is 0 Å². The second-order valence-corrected chi connectivity index (χ2v) is 5.55. The molecular formula is C15H24N2O. The van der Waals surface area contributed by atoms with Crippen LogP contribution in [0.25, 0.3) is 0 Å². The number of aliphatic hydroxyl groups excluding tert-OH is 1. The minimum absolute atomic E-state index is 0.179. The Morgan fingerprint density at radius 2 is 1.67 bits per heavy atom. The minimum atomic E-state index is -0.484. The van der Waals surface area contributed by atoms with Crippen molar-refractivity contribution in [2.75, 3.05) is 18.0 Å². The summed E-state index contributed by atoms with van der Waals surface area (Å²) in [6.07, 6.45) is 2.09. The molecule has 0 saturated carbocycles. The van der Waals surface area contributed by atoms with Crippen LogP contribution in [-0.2, 0) is 0 Å². The summed E-state index contributed by atoms with van der Waals surface area (Å²) in [5.41, 5.74) is 8.36. The maximum absolute atomic E-state index is 9.99. The van der Waals surface area contributed by atoms with Gasteiger partial charge >= 0.3 is 0 Å². The van der Waals surface area contributed by atoms with Gasteiger partial charge in [-0.1, -0.05) is 26.0 Å². The highest BCUT2D eigenvalue weighted by molar-refractivity contribution is 5.48. The minimum Gasteiger partial charge on any atom is -0.391 e. The molecule has 0 aliphatic carbocycles. The molecular weight excluding hydrogens is 224 g/mol. The average Bonchev–Trinajstić information content (AvgIpc) is 2.91. The number of anilines is 1. The number of aliphatic hydroxyl groups is 1. The van der Waals surface area contributed by atoms with Gasteiger partial charge in [0.25, 0.3) is 0 Å². The number of nitrogens with two attached hydrogens (primary N) is 1. The molecule has 2 atom stereocenters. The summed E-state index contributed by atoms with van der Waals surface area (Å²) in [6, 6.07) is 8.03. The monoisotopic (exact) mass is 248 g/mol. The lowest BCUT2D eigenvalue weighted by atomic mass is 9.94. The van der Waals surface area contributed by atoms with Crippen LogP contribution >= 0.6 is 0 Å². The molecule has 3 N–H and O–H groups in total. The molecule has 3 heteroatoms. The van der Waals surface area contributed by atoms with E-state index in [1.807, 2.05) is 26.0 Å². The van der Waals surface area contributed by atoms with Crippen molar-refractivity contribution in [2.45, 2.75) is 38.8 Å². The molecule has 0 radical (unpaired) electrons. The van der Waals surface area contributed by atoms with Gasteiger partial charge in [0.1, 0.15) is 0 Å². The molecule has 0 aromatic heterocycles. The van der Waals surface area contributed by atoms with Crippen LogP contribution in [0.15, 0.2) is 24.3 Å². The first-order valence-electron chi connectivity index (χ1n) is 6.88. The maximum Gasteiger partial charge on any atom is 0.0755 e. The van der Waals surface area contributed by atoms with Crippen molar-refractivity contribution in [2.24, 2.45) is 11.7 Å².